The molecule has 3 aromatic carbocycles. The first-order valence-electron chi connectivity index (χ1n) is 8.55. The minimum atomic E-state index is -2.64. The number of ether oxygens (including phenoxy) is 1. The molecule has 0 saturated heterocycles. The third-order valence-corrected chi connectivity index (χ3v) is 9.38. The molecule has 0 unspecified atom stereocenters. The van der Waals surface area contributed by atoms with E-state index in [1.54, 1.807) is 12.1 Å². The van der Waals surface area contributed by atoms with Crippen molar-refractivity contribution in [3.63, 3.8) is 0 Å². The Labute approximate surface area is 158 Å². The van der Waals surface area contributed by atoms with Gasteiger partial charge in [-0.15, -0.1) is 0 Å². The predicted octanol–water partition coefficient (Wildman–Crippen LogP) is 2.83. The zero-order chi connectivity index (χ0) is 19.4. The van der Waals surface area contributed by atoms with E-state index >= 15 is 0 Å². The van der Waals surface area contributed by atoms with Gasteiger partial charge in [0.2, 0.25) is 0 Å². The second kappa shape index (κ2) is 7.73. The molecular weight excluding hydrogens is 359 g/mol. The van der Waals surface area contributed by atoms with E-state index in [1.165, 1.54) is 13.2 Å². The molecule has 0 spiro atoms. The van der Waals surface area contributed by atoms with Gasteiger partial charge in [-0.3, -0.25) is 0 Å². The topological polar surface area (TPSA) is 63.6 Å². The maximum absolute atomic E-state index is 12.5. The van der Waals surface area contributed by atoms with Crippen LogP contribution < -0.4 is 15.9 Å². The molecule has 0 fully saturated rings. The predicted molar refractivity (Wildman–Crippen MR) is 111 cm³/mol. The van der Waals surface area contributed by atoms with Crippen LogP contribution in [0, 0.1) is 0 Å². The average molecular weight is 380 g/mol. The number of aromatic carboxylic acids is 1. The fourth-order valence-electron chi connectivity index (χ4n) is 3.40. The van der Waals surface area contributed by atoms with Crippen LogP contribution in [-0.4, -0.2) is 30.8 Å². The number of esters is 1. The van der Waals surface area contributed by atoms with Gasteiger partial charge >= 0.3 is 158 Å². The third-order valence-electron chi connectivity index (χ3n) is 4.91. The molecule has 0 amide bonds. The van der Waals surface area contributed by atoms with E-state index in [9.17, 15) is 14.7 Å². The molecule has 0 atom stereocenters. The molecule has 3 rings (SSSR count). The fourth-order valence-corrected chi connectivity index (χ4v) is 7.24. The van der Waals surface area contributed by atoms with Gasteiger partial charge < -0.3 is 0 Å². The van der Waals surface area contributed by atoms with Crippen LogP contribution in [0.25, 0.3) is 0 Å². The van der Waals surface area contributed by atoms with Gasteiger partial charge in [-0.2, -0.15) is 0 Å². The number of hydrogen-bond donors (Lipinski definition) is 1. The Hall–Kier alpha value is -2.97. The van der Waals surface area contributed by atoms with Gasteiger partial charge in [0, 0.05) is 0 Å². The number of carbonyl (C=O) groups excluding carboxylic acids is 1. The third kappa shape index (κ3) is 3.49. The maximum atomic E-state index is 12.5. The van der Waals surface area contributed by atoms with Crippen molar-refractivity contribution in [1.29, 1.82) is 0 Å². The first-order chi connectivity index (χ1) is 13.0. The van der Waals surface area contributed by atoms with E-state index in [2.05, 4.69) is 6.66 Å². The molecule has 0 heterocycles. The fraction of sp³-hybridized carbons (Fsp3) is 0.0909. The zero-order valence-corrected chi connectivity index (χ0v) is 16.2. The van der Waals surface area contributed by atoms with E-state index in [0.717, 1.165) is 15.9 Å². The number of carboxylic acids is 1. The van der Waals surface area contributed by atoms with Crippen molar-refractivity contribution in [3.8, 4) is 0 Å². The molecule has 1 N–H and O–H groups in total. The number of carbonyl (C=O) groups is 2. The molecule has 0 aliphatic carbocycles. The summed E-state index contributed by atoms with van der Waals surface area (Å²) in [5.74, 6) is -1.49. The van der Waals surface area contributed by atoms with Crippen LogP contribution >= 0.6 is 7.26 Å². The molecule has 138 valence electrons. The summed E-state index contributed by atoms with van der Waals surface area (Å²) in [7, 11) is -1.31. The van der Waals surface area contributed by atoms with Crippen molar-refractivity contribution in [2.45, 2.75) is 0 Å². The van der Waals surface area contributed by atoms with Crippen molar-refractivity contribution in [3.05, 3.63) is 90.0 Å². The molecule has 0 bridgehead atoms. The van der Waals surface area contributed by atoms with Crippen molar-refractivity contribution in [2.24, 2.45) is 0 Å². The zero-order valence-electron chi connectivity index (χ0n) is 15.2. The molecule has 0 aliphatic rings. The molecule has 3 aromatic rings. The SMILES string of the molecule is COC(=O)c1ccc(C(=O)O)cc1[PH](C)(c1ccccc1)c1ccccc1. The first kappa shape index (κ1) is 18.8. The van der Waals surface area contributed by atoms with Crippen LogP contribution in [0.2, 0.25) is 0 Å². The van der Waals surface area contributed by atoms with Crippen molar-refractivity contribution in [1.82, 2.24) is 0 Å². The summed E-state index contributed by atoms with van der Waals surface area (Å²) in [4.78, 5) is 24.1. The van der Waals surface area contributed by atoms with Gasteiger partial charge in [0.05, 0.1) is 0 Å². The summed E-state index contributed by atoms with van der Waals surface area (Å²) in [6.07, 6.45) is 0. The van der Waals surface area contributed by atoms with Gasteiger partial charge in [-0.25, -0.2) is 0 Å². The minimum absolute atomic E-state index is 0.156. The summed E-state index contributed by atoms with van der Waals surface area (Å²) >= 11 is 0. The van der Waals surface area contributed by atoms with Crippen LogP contribution in [-0.2, 0) is 4.74 Å². The Morgan fingerprint density at radius 1 is 0.852 bits per heavy atom. The molecule has 0 saturated carbocycles. The van der Waals surface area contributed by atoms with Crippen LogP contribution in [0.1, 0.15) is 20.7 Å². The Morgan fingerprint density at radius 2 is 1.37 bits per heavy atom. The van der Waals surface area contributed by atoms with Crippen LogP contribution in [0.3, 0.4) is 0 Å². The van der Waals surface area contributed by atoms with E-state index in [-0.39, 0.29) is 5.56 Å². The number of benzene rings is 3. The number of methoxy groups -OCH3 is 1. The molecule has 0 aliphatic heterocycles. The van der Waals surface area contributed by atoms with E-state index in [4.69, 9.17) is 4.74 Å². The quantitative estimate of drug-likeness (QED) is 0.546. The Balaban J connectivity index is 2.38. The first-order valence-corrected chi connectivity index (χ1v) is 11.1. The normalized spacial score (nSPS) is 11.6. The van der Waals surface area contributed by atoms with Gasteiger partial charge in [0.15, 0.2) is 0 Å². The second-order valence-electron chi connectivity index (χ2n) is 6.41. The van der Waals surface area contributed by atoms with E-state index < -0.39 is 19.2 Å². The second-order valence-corrected chi connectivity index (χ2v) is 10.4. The van der Waals surface area contributed by atoms with E-state index in [1.807, 2.05) is 60.7 Å². The van der Waals surface area contributed by atoms with Crippen LogP contribution in [0.15, 0.2) is 78.9 Å². The Bertz CT molecular complexity index is 929. The molecular formula is C22H21O4P. The molecule has 27 heavy (non-hydrogen) atoms. The number of carboxylic acid groups (broad SMARTS) is 1. The van der Waals surface area contributed by atoms with Crippen LogP contribution in [0.5, 0.6) is 0 Å². The molecule has 4 nitrogen and oxygen atoms in total. The van der Waals surface area contributed by atoms with Crippen molar-refractivity contribution < 1.29 is 19.4 Å². The average Bonchev–Trinajstić information content (AvgIpc) is 2.73. The molecule has 0 radical (unpaired) electrons. The Kier molecular flexibility index (Phi) is 5.38. The number of hydrogen-bond acceptors (Lipinski definition) is 3. The monoisotopic (exact) mass is 380 g/mol. The number of rotatable bonds is 5. The van der Waals surface area contributed by atoms with Crippen molar-refractivity contribution in [2.75, 3.05) is 13.8 Å². The van der Waals surface area contributed by atoms with Gasteiger partial charge in [-0.05, 0) is 0 Å². The summed E-state index contributed by atoms with van der Waals surface area (Å²) in [6, 6.07) is 24.5. The standard InChI is InChI=1S/C22H21O4P/c1-26-22(25)19-14-13-16(21(23)24)15-20(19)27(2,17-9-5-3-6-10-17)18-11-7-4-8-12-18/h3-15,27H,1-2H3,(H,23,24). The van der Waals surface area contributed by atoms with Gasteiger partial charge in [0.25, 0.3) is 0 Å². The van der Waals surface area contributed by atoms with Gasteiger partial charge in [0.1, 0.15) is 0 Å². The summed E-state index contributed by atoms with van der Waals surface area (Å²) in [5, 5.41) is 12.4. The van der Waals surface area contributed by atoms with E-state index in [0.29, 0.717) is 5.56 Å². The van der Waals surface area contributed by atoms with Gasteiger partial charge in [-0.1, -0.05) is 0 Å². The summed E-state index contributed by atoms with van der Waals surface area (Å²) in [5.41, 5.74) is 0.563. The Morgan fingerprint density at radius 3 is 1.81 bits per heavy atom. The van der Waals surface area contributed by atoms with Crippen molar-refractivity contribution >= 4 is 35.1 Å². The molecule has 0 aromatic heterocycles. The molecule has 5 heteroatoms. The summed E-state index contributed by atoms with van der Waals surface area (Å²) in [6.45, 7) is 2.13. The van der Waals surface area contributed by atoms with Crippen LogP contribution in [0.4, 0.5) is 0 Å². The summed E-state index contributed by atoms with van der Waals surface area (Å²) < 4.78 is 4.98.